The summed E-state index contributed by atoms with van der Waals surface area (Å²) in [7, 11) is 0. The molecule has 7 nitrogen and oxygen atoms in total. The zero-order valence-electron chi connectivity index (χ0n) is 18.6. The number of carbonyl (C=O) groups is 1. The van der Waals surface area contributed by atoms with Crippen LogP contribution in [0.5, 0.6) is 5.75 Å². The molecule has 1 amide bonds. The van der Waals surface area contributed by atoms with Gasteiger partial charge >= 0.3 is 0 Å². The highest BCUT2D eigenvalue weighted by Gasteiger charge is 2.17. The van der Waals surface area contributed by atoms with E-state index < -0.39 is 0 Å². The molecule has 0 fully saturated rings. The zero-order valence-corrected chi connectivity index (χ0v) is 21.0. The minimum atomic E-state index is -0.305. The van der Waals surface area contributed by atoms with Crippen molar-refractivity contribution in [3.63, 3.8) is 0 Å². The Bertz CT molecular complexity index is 1350. The van der Waals surface area contributed by atoms with Crippen molar-refractivity contribution in [1.29, 1.82) is 0 Å². The molecule has 4 aromatic rings. The summed E-state index contributed by atoms with van der Waals surface area (Å²) in [4.78, 5) is 12.4. The topological polar surface area (TPSA) is 92.4 Å². The minimum absolute atomic E-state index is 0.0884. The highest BCUT2D eigenvalue weighted by atomic mass is 79.9. The number of thioether (sulfide) groups is 1. The van der Waals surface area contributed by atoms with Crippen molar-refractivity contribution < 1.29 is 9.90 Å². The van der Waals surface area contributed by atoms with Crippen LogP contribution < -0.4 is 5.43 Å². The lowest BCUT2D eigenvalue weighted by Crippen LogP contribution is -2.20. The number of phenols is 1. The molecule has 1 heterocycles. The van der Waals surface area contributed by atoms with Crippen LogP contribution in [0.4, 0.5) is 0 Å². The van der Waals surface area contributed by atoms with Gasteiger partial charge < -0.3 is 5.11 Å². The second-order valence-corrected chi connectivity index (χ2v) is 9.27. The maximum Gasteiger partial charge on any atom is 0.250 e. The summed E-state index contributed by atoms with van der Waals surface area (Å²) in [6.07, 6.45) is 3.68. The molecule has 4 rings (SSSR count). The summed E-state index contributed by atoms with van der Waals surface area (Å²) in [6, 6.07) is 22.9. The highest BCUT2D eigenvalue weighted by molar-refractivity contribution is 9.10. The van der Waals surface area contributed by atoms with Crippen LogP contribution in [-0.4, -0.2) is 37.7 Å². The smallest absolute Gasteiger partial charge is 0.250 e. The van der Waals surface area contributed by atoms with E-state index >= 15 is 0 Å². The number of carbonyl (C=O) groups excluding carboxylic acids is 1. The molecule has 0 spiro atoms. The molecule has 35 heavy (non-hydrogen) atoms. The number of nitrogens with one attached hydrogen (secondary N) is 1. The SMILES string of the molecule is C=CCc1cccc(/C=N/NC(=O)CSc2nnc(-c3ccc(Br)cc3)n2-c2ccccc2)c1O. The fourth-order valence-electron chi connectivity index (χ4n) is 3.33. The van der Waals surface area contributed by atoms with Crippen LogP contribution in [0.15, 0.2) is 100 Å². The van der Waals surface area contributed by atoms with E-state index in [1.807, 2.05) is 71.3 Å². The van der Waals surface area contributed by atoms with Crippen molar-refractivity contribution in [3.8, 4) is 22.8 Å². The molecule has 0 aliphatic rings. The van der Waals surface area contributed by atoms with Crippen molar-refractivity contribution in [2.75, 3.05) is 5.75 Å². The standard InChI is InChI=1S/C26H22BrN5O2S/c1-2-7-18-8-6-9-20(24(18)34)16-28-29-23(33)17-35-26-31-30-25(19-12-14-21(27)15-13-19)32(26)22-10-4-3-5-11-22/h2-6,8-16,34H,1,7,17H2,(H,29,33)/b28-16+. The predicted octanol–water partition coefficient (Wildman–Crippen LogP) is 5.37. The van der Waals surface area contributed by atoms with Crippen LogP contribution in [0.1, 0.15) is 11.1 Å². The molecule has 0 radical (unpaired) electrons. The molecule has 0 atom stereocenters. The first kappa shape index (κ1) is 24.4. The van der Waals surface area contributed by atoms with Gasteiger partial charge in [-0.1, -0.05) is 76.2 Å². The number of rotatable bonds is 9. The number of nitrogens with zero attached hydrogens (tertiary/aromatic N) is 4. The van der Waals surface area contributed by atoms with Gasteiger partial charge in [0.15, 0.2) is 11.0 Å². The largest absolute Gasteiger partial charge is 0.507 e. The number of hydrogen-bond donors (Lipinski definition) is 2. The van der Waals surface area contributed by atoms with Gasteiger partial charge in [0.05, 0.1) is 12.0 Å². The molecule has 0 bridgehead atoms. The number of aromatic hydroxyl groups is 1. The summed E-state index contributed by atoms with van der Waals surface area (Å²) >= 11 is 4.72. The second kappa shape index (κ2) is 11.6. The lowest BCUT2D eigenvalue weighted by atomic mass is 10.1. The van der Waals surface area contributed by atoms with Gasteiger partial charge in [-0.2, -0.15) is 5.10 Å². The van der Waals surface area contributed by atoms with Gasteiger partial charge in [-0.25, -0.2) is 5.43 Å². The van der Waals surface area contributed by atoms with E-state index in [9.17, 15) is 9.90 Å². The molecule has 0 saturated heterocycles. The summed E-state index contributed by atoms with van der Waals surface area (Å²) < 4.78 is 2.90. The summed E-state index contributed by atoms with van der Waals surface area (Å²) in [5.74, 6) is 0.585. The average Bonchev–Trinajstić information content (AvgIpc) is 3.30. The molecule has 176 valence electrons. The third kappa shape index (κ3) is 6.06. The van der Waals surface area contributed by atoms with E-state index in [0.29, 0.717) is 23.0 Å². The van der Waals surface area contributed by atoms with Gasteiger partial charge in [0.25, 0.3) is 5.91 Å². The van der Waals surface area contributed by atoms with E-state index in [0.717, 1.165) is 21.3 Å². The summed E-state index contributed by atoms with van der Waals surface area (Å²) in [5, 5.41) is 23.6. The normalized spacial score (nSPS) is 11.0. The third-order valence-corrected chi connectivity index (χ3v) is 6.45. The van der Waals surface area contributed by atoms with Gasteiger partial charge in [0.1, 0.15) is 5.75 Å². The molecule has 0 aliphatic carbocycles. The van der Waals surface area contributed by atoms with Crippen LogP contribution >= 0.6 is 27.7 Å². The van der Waals surface area contributed by atoms with E-state index in [2.05, 4.69) is 43.2 Å². The van der Waals surface area contributed by atoms with E-state index in [1.54, 1.807) is 12.1 Å². The van der Waals surface area contributed by atoms with Gasteiger partial charge in [-0.3, -0.25) is 9.36 Å². The number of hydrogen-bond acceptors (Lipinski definition) is 6. The van der Waals surface area contributed by atoms with Gasteiger partial charge in [0, 0.05) is 21.3 Å². The molecule has 1 aromatic heterocycles. The third-order valence-electron chi connectivity index (χ3n) is 4.99. The first-order chi connectivity index (χ1) is 17.1. The van der Waals surface area contributed by atoms with Gasteiger partial charge in [0.2, 0.25) is 0 Å². The number of phenolic OH excluding ortho intramolecular Hbond substituents is 1. The first-order valence-corrected chi connectivity index (χ1v) is 12.5. The molecule has 0 saturated carbocycles. The van der Waals surface area contributed by atoms with Crippen molar-refractivity contribution in [3.05, 3.63) is 101 Å². The Morgan fingerprint density at radius 3 is 2.60 bits per heavy atom. The van der Waals surface area contributed by atoms with Crippen LogP contribution in [0.2, 0.25) is 0 Å². The molecule has 2 N–H and O–H groups in total. The fourth-order valence-corrected chi connectivity index (χ4v) is 4.34. The maximum atomic E-state index is 12.4. The van der Waals surface area contributed by atoms with Crippen LogP contribution in [-0.2, 0) is 11.2 Å². The first-order valence-electron chi connectivity index (χ1n) is 10.7. The number of hydrazone groups is 1. The zero-order chi connectivity index (χ0) is 24.6. The van der Waals surface area contributed by atoms with Crippen molar-refractivity contribution in [2.45, 2.75) is 11.6 Å². The van der Waals surface area contributed by atoms with Gasteiger partial charge in [-0.15, -0.1) is 16.8 Å². The number of amides is 1. The highest BCUT2D eigenvalue weighted by Crippen LogP contribution is 2.28. The van der Waals surface area contributed by atoms with Gasteiger partial charge in [-0.05, 0) is 42.3 Å². The Morgan fingerprint density at radius 1 is 1.09 bits per heavy atom. The molecule has 9 heteroatoms. The molecule has 0 unspecified atom stereocenters. The van der Waals surface area contributed by atoms with Crippen LogP contribution in [0, 0.1) is 0 Å². The van der Waals surface area contributed by atoms with Crippen LogP contribution in [0.25, 0.3) is 17.1 Å². The number of para-hydroxylation sites is 2. The Morgan fingerprint density at radius 2 is 1.86 bits per heavy atom. The van der Waals surface area contributed by atoms with Crippen molar-refractivity contribution >= 4 is 39.8 Å². The quantitative estimate of drug-likeness (QED) is 0.127. The molecule has 0 aliphatic heterocycles. The Hall–Kier alpha value is -3.69. The van der Waals surface area contributed by atoms with Crippen LogP contribution in [0.3, 0.4) is 0 Å². The van der Waals surface area contributed by atoms with Crippen molar-refractivity contribution in [2.24, 2.45) is 5.10 Å². The van der Waals surface area contributed by atoms with E-state index in [1.165, 1.54) is 18.0 Å². The van der Waals surface area contributed by atoms with E-state index in [-0.39, 0.29) is 17.4 Å². The lowest BCUT2D eigenvalue weighted by molar-refractivity contribution is -0.118. The second-order valence-electron chi connectivity index (χ2n) is 7.41. The van der Waals surface area contributed by atoms with E-state index in [4.69, 9.17) is 0 Å². The predicted molar refractivity (Wildman–Crippen MR) is 143 cm³/mol. The number of halogens is 1. The van der Waals surface area contributed by atoms with Crippen molar-refractivity contribution in [1.82, 2.24) is 20.2 Å². The molecular formula is C26H22BrN5O2S. The Labute approximate surface area is 215 Å². The Balaban J connectivity index is 1.47. The number of benzene rings is 3. The molecular weight excluding hydrogens is 526 g/mol. The Kier molecular flexibility index (Phi) is 8.12. The fraction of sp³-hybridized carbons (Fsp3) is 0.0769. The summed E-state index contributed by atoms with van der Waals surface area (Å²) in [6.45, 7) is 3.69. The monoisotopic (exact) mass is 547 g/mol. The number of aromatic nitrogens is 3. The average molecular weight is 548 g/mol. The maximum absolute atomic E-state index is 12.4. The number of allylic oxidation sites excluding steroid dienone is 1. The molecule has 3 aromatic carbocycles. The lowest BCUT2D eigenvalue weighted by Gasteiger charge is -2.10. The summed E-state index contributed by atoms with van der Waals surface area (Å²) in [5.41, 5.74) is 5.56. The minimum Gasteiger partial charge on any atom is -0.507 e.